The number of anilines is 2. The molecule has 0 aliphatic carbocycles. The van der Waals surface area contributed by atoms with Crippen LogP contribution in [0.15, 0.2) is 30.6 Å². The van der Waals surface area contributed by atoms with Crippen molar-refractivity contribution in [1.82, 2.24) is 9.97 Å². The largest absolute Gasteiger partial charge is 0.488 e. The molecule has 3 rings (SSSR count). The third kappa shape index (κ3) is 3.20. The number of ether oxygens (including phenoxy) is 1. The predicted octanol–water partition coefficient (Wildman–Crippen LogP) is 3.48. The highest BCUT2D eigenvalue weighted by molar-refractivity contribution is 6.32. The zero-order chi connectivity index (χ0) is 15.5. The highest BCUT2D eigenvalue weighted by Gasteiger charge is 2.27. The van der Waals surface area contributed by atoms with E-state index in [1.165, 1.54) is 6.33 Å². The minimum absolute atomic E-state index is 0.0944. The Hall–Kier alpha value is -1.72. The van der Waals surface area contributed by atoms with Crippen LogP contribution in [0.3, 0.4) is 0 Å². The molecule has 1 aliphatic heterocycles. The van der Waals surface area contributed by atoms with E-state index in [0.717, 1.165) is 36.8 Å². The minimum Gasteiger partial charge on any atom is -0.488 e. The molecule has 1 aromatic carbocycles. The molecule has 2 heterocycles. The summed E-state index contributed by atoms with van der Waals surface area (Å²) in [6.45, 7) is 1.60. The quantitative estimate of drug-likeness (QED) is 0.865. The maximum Gasteiger partial charge on any atom is 0.157 e. The van der Waals surface area contributed by atoms with E-state index >= 15 is 0 Å². The lowest BCUT2D eigenvalue weighted by Crippen LogP contribution is -2.26. The van der Waals surface area contributed by atoms with Crippen LogP contribution in [0.2, 0.25) is 10.2 Å². The molecule has 1 saturated heterocycles. The summed E-state index contributed by atoms with van der Waals surface area (Å²) >= 11 is 12.1. The van der Waals surface area contributed by atoms with Gasteiger partial charge < -0.3 is 15.0 Å². The highest BCUT2D eigenvalue weighted by Crippen LogP contribution is 2.31. The van der Waals surface area contributed by atoms with Crippen LogP contribution in [0.25, 0.3) is 0 Å². The normalized spacial score (nSPS) is 17.6. The average Bonchev–Trinajstić information content (AvgIpc) is 2.95. The molecular weight excluding hydrogens is 323 g/mol. The van der Waals surface area contributed by atoms with Crippen LogP contribution >= 0.6 is 23.2 Å². The summed E-state index contributed by atoms with van der Waals surface area (Å²) in [5.74, 6) is 1.59. The van der Waals surface area contributed by atoms with Crippen molar-refractivity contribution >= 4 is 34.7 Å². The Morgan fingerprint density at radius 2 is 2.18 bits per heavy atom. The number of aromatic nitrogens is 2. The molecule has 1 unspecified atom stereocenters. The van der Waals surface area contributed by atoms with Crippen molar-refractivity contribution in [3.63, 3.8) is 0 Å². The van der Waals surface area contributed by atoms with Crippen molar-refractivity contribution in [3.05, 3.63) is 40.8 Å². The second kappa shape index (κ2) is 6.58. The maximum atomic E-state index is 6.11. The molecule has 1 aliphatic rings. The van der Waals surface area contributed by atoms with E-state index in [0.29, 0.717) is 10.2 Å². The monoisotopic (exact) mass is 338 g/mol. The lowest BCUT2D eigenvalue weighted by molar-refractivity contribution is 0.225. The Balaban J connectivity index is 1.71. The maximum absolute atomic E-state index is 6.11. The van der Waals surface area contributed by atoms with Crippen molar-refractivity contribution in [2.45, 2.75) is 12.5 Å². The molecule has 5 nitrogen and oxygen atoms in total. The Bertz CT molecular complexity index is 668. The van der Waals surface area contributed by atoms with Crippen LogP contribution in [0.1, 0.15) is 6.42 Å². The summed E-state index contributed by atoms with van der Waals surface area (Å²) in [6.07, 6.45) is 2.48. The van der Waals surface area contributed by atoms with Crippen LogP contribution < -0.4 is 15.0 Å². The Labute approximate surface area is 139 Å². The van der Waals surface area contributed by atoms with Crippen molar-refractivity contribution in [1.29, 1.82) is 0 Å². The molecule has 116 valence electrons. The van der Waals surface area contributed by atoms with Crippen LogP contribution in [-0.4, -0.2) is 36.2 Å². The van der Waals surface area contributed by atoms with E-state index in [4.69, 9.17) is 27.9 Å². The number of hydrogen-bond acceptors (Lipinski definition) is 5. The number of benzene rings is 1. The van der Waals surface area contributed by atoms with Gasteiger partial charge in [0, 0.05) is 25.0 Å². The lowest BCUT2D eigenvalue weighted by Gasteiger charge is -2.20. The van der Waals surface area contributed by atoms with E-state index in [9.17, 15) is 0 Å². The van der Waals surface area contributed by atoms with Gasteiger partial charge in [0.1, 0.15) is 23.9 Å². The molecule has 1 atom stereocenters. The first-order chi connectivity index (χ1) is 10.7. The fraction of sp³-hybridized carbons (Fsp3) is 0.333. The van der Waals surface area contributed by atoms with Crippen LogP contribution in [-0.2, 0) is 0 Å². The van der Waals surface area contributed by atoms with E-state index in [2.05, 4.69) is 20.2 Å². The third-order valence-corrected chi connectivity index (χ3v) is 4.10. The summed E-state index contributed by atoms with van der Waals surface area (Å²) < 4.78 is 5.99. The molecule has 0 saturated carbocycles. The van der Waals surface area contributed by atoms with E-state index in [-0.39, 0.29) is 6.10 Å². The molecule has 1 fully saturated rings. The van der Waals surface area contributed by atoms with E-state index in [1.54, 1.807) is 0 Å². The zero-order valence-corrected chi connectivity index (χ0v) is 13.6. The van der Waals surface area contributed by atoms with Gasteiger partial charge >= 0.3 is 0 Å². The van der Waals surface area contributed by atoms with E-state index in [1.807, 2.05) is 31.3 Å². The van der Waals surface area contributed by atoms with Gasteiger partial charge in [-0.05, 0) is 18.2 Å². The molecule has 1 N–H and O–H groups in total. The molecule has 22 heavy (non-hydrogen) atoms. The van der Waals surface area contributed by atoms with Gasteiger partial charge in [-0.3, -0.25) is 0 Å². The van der Waals surface area contributed by atoms with Crippen molar-refractivity contribution in [3.8, 4) is 5.75 Å². The summed E-state index contributed by atoms with van der Waals surface area (Å²) in [5.41, 5.74) is 0.743. The first-order valence-electron chi connectivity index (χ1n) is 7.03. The van der Waals surface area contributed by atoms with E-state index < -0.39 is 0 Å². The molecule has 0 radical (unpaired) electrons. The van der Waals surface area contributed by atoms with Gasteiger partial charge in [0.2, 0.25) is 0 Å². The SMILES string of the molecule is CNc1c(Cl)ncnc1N1CCC(Oc2cccc(Cl)c2)C1. The Morgan fingerprint density at radius 3 is 2.95 bits per heavy atom. The van der Waals surface area contributed by atoms with Crippen LogP contribution in [0.4, 0.5) is 11.5 Å². The summed E-state index contributed by atoms with van der Waals surface area (Å²) in [7, 11) is 1.81. The standard InChI is InChI=1S/C15H16Cl2N4O/c1-18-13-14(17)19-9-20-15(13)21-6-5-12(8-21)22-11-4-2-3-10(16)7-11/h2-4,7,9,12,18H,5-6,8H2,1H3. The van der Waals surface area contributed by atoms with Crippen molar-refractivity contribution in [2.24, 2.45) is 0 Å². The number of nitrogens with zero attached hydrogens (tertiary/aromatic N) is 3. The molecule has 7 heteroatoms. The van der Waals surface area contributed by atoms with Crippen molar-refractivity contribution < 1.29 is 4.74 Å². The first-order valence-corrected chi connectivity index (χ1v) is 7.78. The molecule has 0 amide bonds. The zero-order valence-electron chi connectivity index (χ0n) is 12.1. The number of halogens is 2. The molecule has 2 aromatic rings. The fourth-order valence-corrected chi connectivity index (χ4v) is 2.96. The molecule has 0 bridgehead atoms. The van der Waals surface area contributed by atoms with Gasteiger partial charge in [0.15, 0.2) is 11.0 Å². The molecular formula is C15H16Cl2N4O. The minimum atomic E-state index is 0.0944. The number of nitrogens with one attached hydrogen (secondary N) is 1. The lowest BCUT2D eigenvalue weighted by atomic mass is 10.3. The number of rotatable bonds is 4. The molecule has 1 aromatic heterocycles. The van der Waals surface area contributed by atoms with Crippen LogP contribution in [0, 0.1) is 0 Å². The van der Waals surface area contributed by atoms with Gasteiger partial charge in [-0.15, -0.1) is 0 Å². The number of hydrogen-bond donors (Lipinski definition) is 1. The van der Waals surface area contributed by atoms with Gasteiger partial charge in [-0.25, -0.2) is 9.97 Å². The smallest absolute Gasteiger partial charge is 0.157 e. The third-order valence-electron chi connectivity index (χ3n) is 3.57. The first kappa shape index (κ1) is 15.2. The van der Waals surface area contributed by atoms with Gasteiger partial charge in [0.05, 0.1) is 6.54 Å². The van der Waals surface area contributed by atoms with Gasteiger partial charge in [-0.1, -0.05) is 29.3 Å². The predicted molar refractivity (Wildman–Crippen MR) is 89.3 cm³/mol. The highest BCUT2D eigenvalue weighted by atomic mass is 35.5. The van der Waals surface area contributed by atoms with Gasteiger partial charge in [-0.2, -0.15) is 0 Å². The summed E-state index contributed by atoms with van der Waals surface area (Å²) in [6, 6.07) is 7.45. The van der Waals surface area contributed by atoms with Crippen LogP contribution in [0.5, 0.6) is 5.75 Å². The topological polar surface area (TPSA) is 50.3 Å². The fourth-order valence-electron chi connectivity index (χ4n) is 2.56. The summed E-state index contributed by atoms with van der Waals surface area (Å²) in [4.78, 5) is 10.5. The van der Waals surface area contributed by atoms with Crippen molar-refractivity contribution in [2.75, 3.05) is 30.4 Å². The second-order valence-electron chi connectivity index (χ2n) is 5.05. The second-order valence-corrected chi connectivity index (χ2v) is 5.84. The average molecular weight is 339 g/mol. The Morgan fingerprint density at radius 1 is 1.32 bits per heavy atom. The summed E-state index contributed by atoms with van der Waals surface area (Å²) in [5, 5.41) is 4.15. The molecule has 0 spiro atoms. The Kier molecular flexibility index (Phi) is 4.55. The van der Waals surface area contributed by atoms with Gasteiger partial charge in [0.25, 0.3) is 0 Å².